The third-order valence-corrected chi connectivity index (χ3v) is 3.15. The topological polar surface area (TPSA) is 12.5 Å². The molecule has 1 aromatic rings. The van der Waals surface area contributed by atoms with E-state index in [1.165, 1.54) is 12.0 Å². The molecule has 1 aliphatic carbocycles. The SMILES string of the molecule is CC1C[C]1C1(c2ccccc2)CO1. The Balaban J connectivity index is 1.93. The van der Waals surface area contributed by atoms with Gasteiger partial charge in [-0.05, 0) is 17.9 Å². The van der Waals surface area contributed by atoms with Crippen molar-refractivity contribution in [2.75, 3.05) is 6.61 Å². The minimum absolute atomic E-state index is 0.0423. The predicted molar refractivity (Wildman–Crippen MR) is 51.1 cm³/mol. The van der Waals surface area contributed by atoms with Crippen LogP contribution in [0.3, 0.4) is 0 Å². The second kappa shape index (κ2) is 2.36. The van der Waals surface area contributed by atoms with E-state index < -0.39 is 0 Å². The summed E-state index contributed by atoms with van der Waals surface area (Å²) in [7, 11) is 0. The van der Waals surface area contributed by atoms with Crippen molar-refractivity contribution in [1.29, 1.82) is 0 Å². The molecule has 2 fully saturated rings. The van der Waals surface area contributed by atoms with Gasteiger partial charge < -0.3 is 4.74 Å². The average Bonchev–Trinajstić information content (AvgIpc) is 3.02. The van der Waals surface area contributed by atoms with Crippen LogP contribution in [-0.2, 0) is 10.3 Å². The van der Waals surface area contributed by atoms with Crippen LogP contribution in [0.25, 0.3) is 0 Å². The number of rotatable bonds is 2. The highest BCUT2D eigenvalue weighted by Gasteiger charge is 2.61. The Kier molecular flexibility index (Phi) is 1.37. The molecule has 1 saturated carbocycles. The fourth-order valence-electron chi connectivity index (χ4n) is 2.15. The van der Waals surface area contributed by atoms with E-state index in [1.54, 1.807) is 5.92 Å². The first kappa shape index (κ1) is 7.57. The van der Waals surface area contributed by atoms with Crippen molar-refractivity contribution in [3.63, 3.8) is 0 Å². The molecular weight excluding hydrogens is 160 g/mol. The molecule has 1 aliphatic heterocycles. The van der Waals surface area contributed by atoms with Crippen LogP contribution < -0.4 is 0 Å². The van der Waals surface area contributed by atoms with Crippen LogP contribution in [0.5, 0.6) is 0 Å². The van der Waals surface area contributed by atoms with Crippen molar-refractivity contribution in [3.05, 3.63) is 41.8 Å². The second-order valence-electron chi connectivity index (χ2n) is 4.11. The molecule has 2 atom stereocenters. The number of benzene rings is 1. The molecule has 0 bridgehead atoms. The van der Waals surface area contributed by atoms with Gasteiger partial charge in [-0.3, -0.25) is 0 Å². The van der Waals surface area contributed by atoms with Crippen molar-refractivity contribution >= 4 is 0 Å². The molecule has 0 N–H and O–H groups in total. The van der Waals surface area contributed by atoms with Crippen LogP contribution in [0.2, 0.25) is 0 Å². The number of epoxide rings is 1. The largest absolute Gasteiger partial charge is 0.364 e. The molecule has 1 radical (unpaired) electrons. The lowest BCUT2D eigenvalue weighted by Crippen LogP contribution is -2.10. The fraction of sp³-hybridized carbons (Fsp3) is 0.417. The zero-order valence-electron chi connectivity index (χ0n) is 7.79. The maximum Gasteiger partial charge on any atom is 0.123 e. The Hall–Kier alpha value is -0.820. The van der Waals surface area contributed by atoms with Gasteiger partial charge in [0.1, 0.15) is 5.60 Å². The van der Waals surface area contributed by atoms with Gasteiger partial charge in [-0.2, -0.15) is 0 Å². The Labute approximate surface area is 78.7 Å². The van der Waals surface area contributed by atoms with Crippen molar-refractivity contribution in [1.82, 2.24) is 0 Å². The van der Waals surface area contributed by atoms with Crippen molar-refractivity contribution < 1.29 is 4.74 Å². The summed E-state index contributed by atoms with van der Waals surface area (Å²) >= 11 is 0. The highest BCUT2D eigenvalue weighted by atomic mass is 16.6. The van der Waals surface area contributed by atoms with Gasteiger partial charge in [0, 0.05) is 5.92 Å². The first-order valence-corrected chi connectivity index (χ1v) is 4.88. The summed E-state index contributed by atoms with van der Waals surface area (Å²) in [5.41, 5.74) is 1.38. The first-order chi connectivity index (χ1) is 6.33. The molecule has 67 valence electrons. The number of hydrogen-bond donors (Lipinski definition) is 0. The molecule has 2 aliphatic rings. The summed E-state index contributed by atoms with van der Waals surface area (Å²) in [5, 5.41) is 0. The van der Waals surface area contributed by atoms with Gasteiger partial charge in [-0.25, -0.2) is 0 Å². The summed E-state index contributed by atoms with van der Waals surface area (Å²) in [6.07, 6.45) is 1.26. The van der Waals surface area contributed by atoms with Crippen molar-refractivity contribution in [2.24, 2.45) is 5.92 Å². The van der Waals surface area contributed by atoms with Crippen LogP contribution in [0, 0.1) is 11.8 Å². The van der Waals surface area contributed by atoms with E-state index >= 15 is 0 Å². The van der Waals surface area contributed by atoms with E-state index in [0.717, 1.165) is 12.5 Å². The van der Waals surface area contributed by atoms with Crippen LogP contribution in [0.1, 0.15) is 18.9 Å². The second-order valence-corrected chi connectivity index (χ2v) is 4.11. The van der Waals surface area contributed by atoms with Crippen LogP contribution >= 0.6 is 0 Å². The van der Waals surface area contributed by atoms with E-state index in [-0.39, 0.29) is 5.60 Å². The molecule has 1 aromatic carbocycles. The Bertz CT molecular complexity index is 313. The number of ether oxygens (including phenoxy) is 1. The molecule has 0 amide bonds. The summed E-state index contributed by atoms with van der Waals surface area (Å²) in [5.74, 6) is 2.38. The van der Waals surface area contributed by atoms with Gasteiger partial charge in [0.15, 0.2) is 0 Å². The zero-order chi connectivity index (χ0) is 8.89. The fourth-order valence-corrected chi connectivity index (χ4v) is 2.15. The maximum absolute atomic E-state index is 5.64. The third-order valence-electron chi connectivity index (χ3n) is 3.15. The minimum atomic E-state index is 0.0423. The Morgan fingerprint density at radius 1 is 1.31 bits per heavy atom. The molecule has 1 saturated heterocycles. The molecule has 1 heterocycles. The van der Waals surface area contributed by atoms with Gasteiger partial charge >= 0.3 is 0 Å². The van der Waals surface area contributed by atoms with Crippen molar-refractivity contribution in [3.8, 4) is 0 Å². The average molecular weight is 173 g/mol. The molecule has 13 heavy (non-hydrogen) atoms. The molecule has 0 aromatic heterocycles. The predicted octanol–water partition coefficient (Wildman–Crippen LogP) is 2.53. The zero-order valence-corrected chi connectivity index (χ0v) is 7.79. The molecule has 1 heteroatoms. The Morgan fingerprint density at radius 2 is 1.92 bits per heavy atom. The summed E-state index contributed by atoms with van der Waals surface area (Å²) in [6.45, 7) is 3.18. The molecule has 2 unspecified atom stereocenters. The lowest BCUT2D eigenvalue weighted by Gasteiger charge is -2.10. The van der Waals surface area contributed by atoms with E-state index in [2.05, 4.69) is 37.3 Å². The summed E-state index contributed by atoms with van der Waals surface area (Å²) in [6, 6.07) is 10.6. The molecular formula is C12H13O. The van der Waals surface area contributed by atoms with Crippen LogP contribution in [0.15, 0.2) is 30.3 Å². The minimum Gasteiger partial charge on any atom is -0.364 e. The lowest BCUT2D eigenvalue weighted by atomic mass is 9.94. The van der Waals surface area contributed by atoms with Crippen molar-refractivity contribution in [2.45, 2.75) is 18.9 Å². The van der Waals surface area contributed by atoms with Gasteiger partial charge in [-0.1, -0.05) is 37.3 Å². The van der Waals surface area contributed by atoms with Crippen LogP contribution in [-0.4, -0.2) is 6.61 Å². The first-order valence-electron chi connectivity index (χ1n) is 4.88. The standard InChI is InChI=1S/C12H13O/c1-9-7-11(9)12(8-13-12)10-5-3-2-4-6-10/h2-6,9H,7-8H2,1H3. The normalized spacial score (nSPS) is 37.5. The summed E-state index contributed by atoms with van der Waals surface area (Å²) < 4.78 is 5.64. The Morgan fingerprint density at radius 3 is 2.38 bits per heavy atom. The lowest BCUT2D eigenvalue weighted by molar-refractivity contribution is 0.331. The van der Waals surface area contributed by atoms with Crippen LogP contribution in [0.4, 0.5) is 0 Å². The quantitative estimate of drug-likeness (QED) is 0.626. The monoisotopic (exact) mass is 173 g/mol. The van der Waals surface area contributed by atoms with Gasteiger partial charge in [0.05, 0.1) is 6.61 Å². The van der Waals surface area contributed by atoms with E-state index in [1.807, 2.05) is 0 Å². The van der Waals surface area contributed by atoms with E-state index in [0.29, 0.717) is 0 Å². The third kappa shape index (κ3) is 1.03. The highest BCUT2D eigenvalue weighted by Crippen LogP contribution is 2.61. The van der Waals surface area contributed by atoms with E-state index in [4.69, 9.17) is 4.74 Å². The highest BCUT2D eigenvalue weighted by molar-refractivity contribution is 5.40. The smallest absolute Gasteiger partial charge is 0.123 e. The van der Waals surface area contributed by atoms with Gasteiger partial charge in [-0.15, -0.1) is 0 Å². The number of hydrogen-bond acceptors (Lipinski definition) is 1. The molecule has 1 nitrogen and oxygen atoms in total. The molecule has 0 spiro atoms. The molecule has 3 rings (SSSR count). The van der Waals surface area contributed by atoms with Gasteiger partial charge in [0.2, 0.25) is 0 Å². The van der Waals surface area contributed by atoms with E-state index in [9.17, 15) is 0 Å². The maximum atomic E-state index is 5.64. The summed E-state index contributed by atoms with van der Waals surface area (Å²) in [4.78, 5) is 0. The van der Waals surface area contributed by atoms with Gasteiger partial charge in [0.25, 0.3) is 0 Å².